The predicted molar refractivity (Wildman–Crippen MR) is 144 cm³/mol. The Morgan fingerprint density at radius 2 is 1.29 bits per heavy atom. The monoisotopic (exact) mass is 477 g/mol. The summed E-state index contributed by atoms with van der Waals surface area (Å²) in [6.45, 7) is 3.93. The van der Waals surface area contributed by atoms with Crippen molar-refractivity contribution < 1.29 is 20.1 Å². The number of unbranched alkanes of at least 4 members (excludes halogenated alkanes) is 8. The number of aliphatic hydroxyl groups is 3. The average Bonchev–Trinajstić information content (AvgIpc) is 2.84. The molecule has 0 aliphatic carbocycles. The lowest BCUT2D eigenvalue weighted by atomic mass is 10.1. The van der Waals surface area contributed by atoms with Crippen LogP contribution >= 0.6 is 0 Å². The summed E-state index contributed by atoms with van der Waals surface area (Å²) in [5.74, 6) is -0.537. The van der Waals surface area contributed by atoms with Gasteiger partial charge in [-0.1, -0.05) is 94.6 Å². The minimum absolute atomic E-state index is 0.388. The highest BCUT2D eigenvalue weighted by molar-refractivity contribution is 5.80. The Morgan fingerprint density at radius 3 is 1.91 bits per heavy atom. The van der Waals surface area contributed by atoms with E-state index in [9.17, 15) is 20.1 Å². The second kappa shape index (κ2) is 24.4. The Kier molecular flexibility index (Phi) is 23.2. The second-order valence-electron chi connectivity index (χ2n) is 8.84. The molecule has 0 spiro atoms. The largest absolute Gasteiger partial charge is 0.394 e. The maximum absolute atomic E-state index is 12.2. The quantitative estimate of drug-likeness (QED) is 0.115. The molecule has 0 heterocycles. The second-order valence-corrected chi connectivity index (χ2v) is 8.84. The minimum atomic E-state index is -1.11. The number of allylic oxidation sites excluding steroid dienone is 7. The summed E-state index contributed by atoms with van der Waals surface area (Å²) in [5.41, 5.74) is 0. The first-order valence-corrected chi connectivity index (χ1v) is 13.5. The molecule has 196 valence electrons. The van der Waals surface area contributed by atoms with Crippen LogP contribution in [0.15, 0.2) is 48.6 Å². The lowest BCUT2D eigenvalue weighted by molar-refractivity contribution is -0.131. The van der Waals surface area contributed by atoms with Crippen LogP contribution in [-0.2, 0) is 4.79 Å². The molecule has 0 aliphatic heterocycles. The molecular formula is C29H51NO4. The summed E-state index contributed by atoms with van der Waals surface area (Å²) in [7, 11) is 0. The zero-order valence-corrected chi connectivity index (χ0v) is 21.7. The first kappa shape index (κ1) is 32.3. The van der Waals surface area contributed by atoms with Gasteiger partial charge in [-0.3, -0.25) is 4.79 Å². The van der Waals surface area contributed by atoms with Crippen molar-refractivity contribution in [2.45, 2.75) is 122 Å². The summed E-state index contributed by atoms with van der Waals surface area (Å²) in [5, 5.41) is 32.5. The fraction of sp³-hybridized carbons (Fsp3) is 0.690. The van der Waals surface area contributed by atoms with E-state index >= 15 is 0 Å². The summed E-state index contributed by atoms with van der Waals surface area (Å²) in [6.07, 6.45) is 28.4. The molecule has 5 nitrogen and oxygen atoms in total. The van der Waals surface area contributed by atoms with Crippen LogP contribution in [0.1, 0.15) is 104 Å². The summed E-state index contributed by atoms with van der Waals surface area (Å²) in [4.78, 5) is 12.2. The molecule has 0 aromatic carbocycles. The molecule has 0 radical (unpaired) electrons. The highest BCUT2D eigenvalue weighted by Crippen LogP contribution is 2.09. The maximum Gasteiger partial charge on any atom is 0.249 e. The number of carbonyl (C=O) groups excluding carboxylic acids is 1. The highest BCUT2D eigenvalue weighted by Gasteiger charge is 2.22. The smallest absolute Gasteiger partial charge is 0.249 e. The number of rotatable bonds is 22. The van der Waals surface area contributed by atoms with Crippen LogP contribution in [-0.4, -0.2) is 46.1 Å². The van der Waals surface area contributed by atoms with E-state index in [1.165, 1.54) is 12.8 Å². The zero-order valence-electron chi connectivity index (χ0n) is 21.7. The van der Waals surface area contributed by atoms with E-state index < -0.39 is 24.2 Å². The molecule has 0 aromatic heterocycles. The lowest BCUT2D eigenvalue weighted by Crippen LogP contribution is -2.48. The van der Waals surface area contributed by atoms with Crippen molar-refractivity contribution in [3.05, 3.63) is 48.6 Å². The van der Waals surface area contributed by atoms with Gasteiger partial charge in [0.15, 0.2) is 0 Å². The van der Waals surface area contributed by atoms with E-state index in [0.29, 0.717) is 6.42 Å². The van der Waals surface area contributed by atoms with Gasteiger partial charge in [-0.05, 0) is 57.8 Å². The number of nitrogens with one attached hydrogen (secondary N) is 1. The van der Waals surface area contributed by atoms with Crippen LogP contribution in [0, 0.1) is 0 Å². The van der Waals surface area contributed by atoms with Gasteiger partial charge in [0.25, 0.3) is 0 Å². The molecule has 3 unspecified atom stereocenters. The summed E-state index contributed by atoms with van der Waals surface area (Å²) >= 11 is 0. The van der Waals surface area contributed by atoms with E-state index in [1.54, 1.807) is 6.08 Å². The van der Waals surface area contributed by atoms with Crippen molar-refractivity contribution in [2.24, 2.45) is 0 Å². The van der Waals surface area contributed by atoms with Gasteiger partial charge in [0, 0.05) is 0 Å². The van der Waals surface area contributed by atoms with E-state index in [1.807, 2.05) is 6.08 Å². The highest BCUT2D eigenvalue weighted by atomic mass is 16.3. The fourth-order valence-electron chi connectivity index (χ4n) is 3.44. The average molecular weight is 478 g/mol. The topological polar surface area (TPSA) is 89.8 Å². The molecule has 5 heteroatoms. The third kappa shape index (κ3) is 19.7. The minimum Gasteiger partial charge on any atom is -0.394 e. The van der Waals surface area contributed by atoms with Gasteiger partial charge in [0.2, 0.25) is 5.91 Å². The molecule has 34 heavy (non-hydrogen) atoms. The molecule has 0 saturated carbocycles. The van der Waals surface area contributed by atoms with Gasteiger partial charge in [-0.2, -0.15) is 0 Å². The van der Waals surface area contributed by atoms with Crippen molar-refractivity contribution in [1.82, 2.24) is 5.32 Å². The molecule has 0 aromatic rings. The Labute approximate surface area is 208 Å². The number of carbonyl (C=O) groups is 1. The molecule has 0 rings (SSSR count). The molecule has 0 fully saturated rings. The van der Waals surface area contributed by atoms with Gasteiger partial charge >= 0.3 is 0 Å². The predicted octanol–water partition coefficient (Wildman–Crippen LogP) is 5.91. The van der Waals surface area contributed by atoms with Crippen LogP contribution < -0.4 is 5.32 Å². The van der Waals surface area contributed by atoms with Crippen molar-refractivity contribution in [1.29, 1.82) is 0 Å². The number of hydrogen-bond donors (Lipinski definition) is 4. The standard InChI is InChI=1S/C29H51NO4/c1-3-5-7-9-11-13-15-17-19-21-23-27(32)26(25-31)30-29(34)28(33)24-22-20-18-16-14-12-10-8-6-4-2/h5,7,10,12-13,15,21,23,26-28,31-33H,3-4,6,8-9,11,14,16-20,22,24-25H2,1-2H3,(H,30,34)/b7-5+,12-10-,15-13+,23-21+. The van der Waals surface area contributed by atoms with E-state index in [4.69, 9.17) is 0 Å². The van der Waals surface area contributed by atoms with Crippen molar-refractivity contribution in [2.75, 3.05) is 6.61 Å². The Bertz CT molecular complexity index is 583. The Morgan fingerprint density at radius 1 is 0.735 bits per heavy atom. The third-order valence-electron chi connectivity index (χ3n) is 5.63. The van der Waals surface area contributed by atoms with Crippen molar-refractivity contribution in [3.8, 4) is 0 Å². The summed E-state index contributed by atoms with van der Waals surface area (Å²) in [6, 6.07) is -0.821. The number of amides is 1. The first-order chi connectivity index (χ1) is 16.6. The van der Waals surface area contributed by atoms with Crippen LogP contribution in [0.4, 0.5) is 0 Å². The first-order valence-electron chi connectivity index (χ1n) is 13.5. The van der Waals surface area contributed by atoms with Crippen LogP contribution in [0.25, 0.3) is 0 Å². The van der Waals surface area contributed by atoms with Gasteiger partial charge in [0.05, 0.1) is 18.8 Å². The molecule has 0 saturated heterocycles. The molecule has 0 aliphatic rings. The maximum atomic E-state index is 12.2. The molecule has 0 bridgehead atoms. The van der Waals surface area contributed by atoms with Gasteiger partial charge in [-0.15, -0.1) is 0 Å². The van der Waals surface area contributed by atoms with E-state index in [-0.39, 0.29) is 6.61 Å². The fourth-order valence-corrected chi connectivity index (χ4v) is 3.44. The third-order valence-corrected chi connectivity index (χ3v) is 5.63. The number of hydrogen-bond acceptors (Lipinski definition) is 4. The van der Waals surface area contributed by atoms with E-state index in [0.717, 1.165) is 70.6 Å². The Hall–Kier alpha value is -1.69. The summed E-state index contributed by atoms with van der Waals surface area (Å²) < 4.78 is 0. The Balaban J connectivity index is 4.01. The zero-order chi connectivity index (χ0) is 25.3. The number of aliphatic hydroxyl groups excluding tert-OH is 3. The molecule has 1 amide bonds. The van der Waals surface area contributed by atoms with Crippen LogP contribution in [0.2, 0.25) is 0 Å². The van der Waals surface area contributed by atoms with Gasteiger partial charge < -0.3 is 20.6 Å². The molecule has 3 atom stereocenters. The van der Waals surface area contributed by atoms with E-state index in [2.05, 4.69) is 55.6 Å². The van der Waals surface area contributed by atoms with Crippen molar-refractivity contribution >= 4 is 5.91 Å². The van der Waals surface area contributed by atoms with Gasteiger partial charge in [-0.25, -0.2) is 0 Å². The van der Waals surface area contributed by atoms with Gasteiger partial charge in [0.1, 0.15) is 6.10 Å². The van der Waals surface area contributed by atoms with Crippen LogP contribution in [0.3, 0.4) is 0 Å². The lowest BCUT2D eigenvalue weighted by Gasteiger charge is -2.21. The molecule has 4 N–H and O–H groups in total. The van der Waals surface area contributed by atoms with Crippen LogP contribution in [0.5, 0.6) is 0 Å². The molecular weight excluding hydrogens is 426 g/mol. The SMILES string of the molecule is CC/C=C/CC/C=C/CC/C=C/C(O)C(CO)NC(=O)C(O)CCCCCC/C=C\CCCC. The van der Waals surface area contributed by atoms with Crippen molar-refractivity contribution in [3.63, 3.8) is 0 Å². The normalized spacial score (nSPS) is 15.1.